The summed E-state index contributed by atoms with van der Waals surface area (Å²) in [5.74, 6) is 3.06. The van der Waals surface area contributed by atoms with Crippen LogP contribution < -0.4 is 11.5 Å². The molecule has 0 saturated heterocycles. The van der Waals surface area contributed by atoms with Crippen molar-refractivity contribution in [3.05, 3.63) is 24.3 Å². The Morgan fingerprint density at radius 1 is 0.529 bits per heavy atom. The van der Waals surface area contributed by atoms with Crippen molar-refractivity contribution in [1.82, 2.24) is 0 Å². The number of methoxy groups -OCH3 is 1. The normalized spacial score (nSPS) is 12.5. The molecule has 4 unspecified atom stereocenters. The summed E-state index contributed by atoms with van der Waals surface area (Å²) >= 11 is 9.70. The van der Waals surface area contributed by atoms with Gasteiger partial charge < -0.3 is 30.4 Å². The molecule has 85 heavy (non-hydrogen) atoms. The van der Waals surface area contributed by atoms with Crippen molar-refractivity contribution in [2.45, 2.75) is 309 Å². The van der Waals surface area contributed by atoms with Crippen LogP contribution in [0.3, 0.4) is 0 Å². The molecule has 0 heterocycles. The number of allylic oxidation sites excluding steroid dienone is 3. The first-order valence-corrected chi connectivity index (χ1v) is 38.2. The Morgan fingerprint density at radius 3 is 1.25 bits per heavy atom. The number of ether oxygens (including phenoxy) is 4. The van der Waals surface area contributed by atoms with Crippen LogP contribution in [0, 0.1) is 5.92 Å². The monoisotopic (exact) mass is 1290 g/mol. The van der Waals surface area contributed by atoms with Gasteiger partial charge >= 0.3 is 17.9 Å². The van der Waals surface area contributed by atoms with Crippen LogP contribution in [0.15, 0.2) is 24.3 Å². The summed E-state index contributed by atoms with van der Waals surface area (Å²) in [6.07, 6.45) is 51.1. The Kier molecular flexibility index (Phi) is 79.1. The molecule has 0 radical (unpaired) electrons. The largest absolute Gasteiger partial charge is 0.471 e. The number of esters is 3. The van der Waals surface area contributed by atoms with E-state index in [0.717, 1.165) is 61.3 Å². The Morgan fingerprint density at radius 2 is 0.906 bits per heavy atom. The molecule has 4 atom stereocenters. The third-order valence-electron chi connectivity index (χ3n) is 13.4. The summed E-state index contributed by atoms with van der Waals surface area (Å²) in [4.78, 5) is 69.0. The van der Waals surface area contributed by atoms with E-state index in [1.165, 1.54) is 205 Å². The number of carbonyl (C=O) groups excluding carboxylic acids is 6. The molecule has 0 aromatic carbocycles. The lowest BCUT2D eigenvalue weighted by Gasteiger charge is -2.21. The van der Waals surface area contributed by atoms with Gasteiger partial charge in [-0.15, -0.1) is 0 Å². The lowest BCUT2D eigenvalue weighted by atomic mass is 10.0. The van der Waals surface area contributed by atoms with Crippen LogP contribution in [0.5, 0.6) is 0 Å². The Balaban J connectivity index is -0.000000706. The van der Waals surface area contributed by atoms with Crippen LogP contribution >= 0.6 is 59.7 Å². The van der Waals surface area contributed by atoms with Crippen LogP contribution in [-0.2, 0) is 47.7 Å². The maximum Gasteiger partial charge on any atom is 0.323 e. The predicted molar refractivity (Wildman–Crippen MR) is 377 cm³/mol. The molecule has 0 aliphatic heterocycles. The van der Waals surface area contributed by atoms with Gasteiger partial charge in [0.25, 0.3) is 6.47 Å². The first-order chi connectivity index (χ1) is 41.1. The number of hydrogen-bond acceptors (Lipinski definition) is 17. The smallest absolute Gasteiger partial charge is 0.323 e. The predicted octanol–water partition coefficient (Wildman–Crippen LogP) is 18.6. The number of thioether (sulfide) groups is 4. The summed E-state index contributed by atoms with van der Waals surface area (Å²) in [7, 11) is 1.31. The van der Waals surface area contributed by atoms with Crippen molar-refractivity contribution in [2.75, 3.05) is 55.7 Å². The lowest BCUT2D eigenvalue weighted by molar-refractivity contribution is -0.144. The number of unbranched alkanes of at least 4 members (excludes halogenated alkanes) is 30. The molecule has 502 valence electrons. The number of hydrogen-bond donors (Lipinski definition) is 3. The van der Waals surface area contributed by atoms with Crippen LogP contribution in [0.2, 0.25) is 0 Å². The Bertz CT molecular complexity index is 1540. The van der Waals surface area contributed by atoms with Crippen LogP contribution in [0.4, 0.5) is 0 Å². The van der Waals surface area contributed by atoms with E-state index in [0.29, 0.717) is 61.6 Å². The minimum Gasteiger partial charge on any atom is -0.471 e. The van der Waals surface area contributed by atoms with Gasteiger partial charge in [0, 0.05) is 46.0 Å². The van der Waals surface area contributed by atoms with E-state index in [1.54, 1.807) is 36.5 Å². The van der Waals surface area contributed by atoms with Crippen molar-refractivity contribution < 1.29 is 47.7 Å². The molecule has 0 bridgehead atoms. The van der Waals surface area contributed by atoms with Crippen molar-refractivity contribution in [3.8, 4) is 0 Å². The van der Waals surface area contributed by atoms with Crippen molar-refractivity contribution in [1.29, 1.82) is 0 Å². The fourth-order valence-electron chi connectivity index (χ4n) is 8.36. The third kappa shape index (κ3) is 80.4. The minimum atomic E-state index is -0.712. The van der Waals surface area contributed by atoms with Gasteiger partial charge in [0.05, 0.1) is 39.8 Å². The molecule has 4 N–H and O–H groups in total. The highest BCUT2D eigenvalue weighted by atomic mass is 32.2. The van der Waals surface area contributed by atoms with E-state index in [-0.39, 0.29) is 39.9 Å². The van der Waals surface area contributed by atoms with Crippen LogP contribution in [0.1, 0.15) is 287 Å². The van der Waals surface area contributed by atoms with Gasteiger partial charge in [-0.1, -0.05) is 269 Å². The Labute approximate surface area is 545 Å². The average Bonchev–Trinajstić information content (AvgIpc) is 3.51. The zero-order valence-corrected chi connectivity index (χ0v) is 59.9. The number of nitrogens with two attached hydrogens (primary N) is 2. The zero-order chi connectivity index (χ0) is 64.1. The summed E-state index contributed by atoms with van der Waals surface area (Å²) in [5.41, 5.74) is 11.9. The molecule has 0 amide bonds. The SMILES string of the molecule is C/C=C/C=C/C(=O)SCCC(=O)OCCCCCCCCCCCCCCCCCC.CC(C)CS.CCCCCCCCCCCCCCCCCCOC(=O)CCSC(=O)CC(CC(C)SCC(C)N)SCC(N)C(=O)OCC.COC=O. The van der Waals surface area contributed by atoms with E-state index in [1.807, 2.05) is 26.0 Å². The van der Waals surface area contributed by atoms with Crippen molar-refractivity contribution in [2.24, 2.45) is 17.4 Å². The first-order valence-electron chi connectivity index (χ1n) is 33.5. The average molecular weight is 1300 g/mol. The topological polar surface area (TPSA) is 191 Å². The summed E-state index contributed by atoms with van der Waals surface area (Å²) in [6.45, 7) is 18.3. The van der Waals surface area contributed by atoms with E-state index in [2.05, 4.69) is 52.0 Å². The molecule has 0 saturated carbocycles. The molecule has 12 nitrogen and oxygen atoms in total. The second kappa shape index (κ2) is 74.8. The molecule has 0 aromatic rings. The van der Waals surface area contributed by atoms with E-state index in [9.17, 15) is 24.0 Å². The van der Waals surface area contributed by atoms with E-state index in [4.69, 9.17) is 30.5 Å². The Hall–Kier alpha value is -1.63. The van der Waals surface area contributed by atoms with Crippen molar-refractivity contribution >= 4 is 94.3 Å². The maximum absolute atomic E-state index is 12.7. The van der Waals surface area contributed by atoms with Gasteiger partial charge in [0.15, 0.2) is 5.12 Å². The fraction of sp³-hybridized carbons (Fsp3) is 0.853. The second-order valence-electron chi connectivity index (χ2n) is 22.6. The maximum atomic E-state index is 12.7. The van der Waals surface area contributed by atoms with Gasteiger partial charge in [-0.25, -0.2) is 0 Å². The zero-order valence-electron chi connectivity index (χ0n) is 55.7. The highest BCUT2D eigenvalue weighted by molar-refractivity contribution is 8.14. The van der Waals surface area contributed by atoms with E-state index >= 15 is 0 Å². The summed E-state index contributed by atoms with van der Waals surface area (Å²) in [5, 5.41) is 0.378. The van der Waals surface area contributed by atoms with Gasteiger partial charge in [-0.05, 0) is 57.8 Å². The third-order valence-corrected chi connectivity index (χ3v) is 18.7. The lowest BCUT2D eigenvalue weighted by Crippen LogP contribution is -2.35. The molecule has 0 aliphatic carbocycles. The molecule has 17 heteroatoms. The first kappa shape index (κ1) is 89.8. The molecular weight excluding hydrogens is 1170 g/mol. The van der Waals surface area contributed by atoms with Gasteiger partial charge in [0.2, 0.25) is 5.12 Å². The van der Waals surface area contributed by atoms with Gasteiger partial charge in [-0.2, -0.15) is 36.2 Å². The highest BCUT2D eigenvalue weighted by Gasteiger charge is 2.23. The van der Waals surface area contributed by atoms with E-state index < -0.39 is 12.0 Å². The van der Waals surface area contributed by atoms with Gasteiger partial charge in [-0.3, -0.25) is 28.8 Å². The molecule has 0 rings (SSSR count). The number of carbonyl (C=O) groups is 6. The molecular formula is C68H130N2O10S5. The van der Waals surface area contributed by atoms with Gasteiger partial charge in [0.1, 0.15) is 6.04 Å². The molecule has 0 fully saturated rings. The number of rotatable bonds is 56. The van der Waals surface area contributed by atoms with Crippen LogP contribution in [-0.4, -0.2) is 113 Å². The standard InChI is InChI=1S/C35H68N2O5S3.C27H48O3S.C4H10S.C2H4O2/c1-5-7-8-9-10-11-12-13-14-15-16-17-18-19-20-21-23-42-33(38)22-24-43-34(39)26-31(25-30(4)44-27-29(3)36)45-28-32(37)35(40)41-6-2;1-3-5-7-8-9-10-11-12-13-14-15-16-17-18-19-21-24-30-26(28)23-25-31-27(29)22-20-6-4-2;1-4(2)3-5;1-4-2-3/h29-32H,5-28,36-37H2,1-4H3;4,6,20,22H,3,5,7-19,21,23-25H2,1-2H3;4-5H,3H2,1-2H3;2H,1H3/b;6-4+,22-20+;;. The molecule has 0 spiro atoms. The highest BCUT2D eigenvalue weighted by Crippen LogP contribution is 2.28. The number of thiol groups is 1. The fourth-order valence-corrected chi connectivity index (χ4v) is 12.4. The van der Waals surface area contributed by atoms with Crippen LogP contribution in [0.25, 0.3) is 0 Å². The summed E-state index contributed by atoms with van der Waals surface area (Å²) in [6, 6.07) is -0.599. The quantitative estimate of drug-likeness (QED) is 0.00990. The summed E-state index contributed by atoms with van der Waals surface area (Å²) < 4.78 is 19.5. The van der Waals surface area contributed by atoms with Crippen molar-refractivity contribution in [3.63, 3.8) is 0 Å². The molecule has 0 aromatic heterocycles. The minimum absolute atomic E-state index is 0.0243. The second-order valence-corrected chi connectivity index (χ2v) is 28.0. The molecule has 0 aliphatic rings.